The number of para-hydroxylation sites is 3. The largest absolute Gasteiger partial charge is 0.493 e. The molecule has 0 saturated carbocycles. The molecule has 1 aliphatic heterocycles. The number of likely N-dealkylation sites (tertiary alicyclic amines) is 1. The number of nitrogens with zero attached hydrogens (tertiary/aromatic N) is 1. The molecule has 1 saturated heterocycles. The third-order valence-electron chi connectivity index (χ3n) is 4.38. The van der Waals surface area contributed by atoms with Gasteiger partial charge in [-0.3, -0.25) is 4.90 Å². The van der Waals surface area contributed by atoms with Gasteiger partial charge in [-0.15, -0.1) is 0 Å². The van der Waals surface area contributed by atoms with Crippen molar-refractivity contribution in [1.29, 1.82) is 0 Å². The van der Waals surface area contributed by atoms with Crippen molar-refractivity contribution in [2.24, 2.45) is 0 Å². The molecule has 2 aromatic rings. The molecule has 1 aliphatic rings. The molecule has 1 heterocycles. The van der Waals surface area contributed by atoms with Crippen molar-refractivity contribution < 1.29 is 34.0 Å². The van der Waals surface area contributed by atoms with Crippen LogP contribution in [-0.4, -0.2) is 66.5 Å². The van der Waals surface area contributed by atoms with E-state index >= 15 is 0 Å². The maximum Gasteiger partial charge on any atom is 0.328 e. The lowest BCUT2D eigenvalue weighted by atomic mass is 10.3. The normalized spacial score (nSPS) is 15.7. The SMILES string of the molecule is COc1ccccc1OC1CCN(CCOc2ccccc2)C1.O=C(O)C=CC(=O)O. The summed E-state index contributed by atoms with van der Waals surface area (Å²) in [7, 11) is 1.67. The van der Waals surface area contributed by atoms with Crippen LogP contribution in [0.5, 0.6) is 17.2 Å². The van der Waals surface area contributed by atoms with Crippen LogP contribution < -0.4 is 14.2 Å². The van der Waals surface area contributed by atoms with Crippen molar-refractivity contribution in [2.45, 2.75) is 12.5 Å². The molecule has 31 heavy (non-hydrogen) atoms. The number of carboxylic acid groups (broad SMARTS) is 2. The lowest BCUT2D eigenvalue weighted by Crippen LogP contribution is -2.28. The zero-order valence-corrected chi connectivity index (χ0v) is 17.3. The van der Waals surface area contributed by atoms with Gasteiger partial charge in [-0.1, -0.05) is 30.3 Å². The number of hydrogen-bond acceptors (Lipinski definition) is 6. The van der Waals surface area contributed by atoms with Gasteiger partial charge in [-0.2, -0.15) is 0 Å². The highest BCUT2D eigenvalue weighted by molar-refractivity contribution is 5.89. The molecule has 8 nitrogen and oxygen atoms in total. The predicted molar refractivity (Wildman–Crippen MR) is 115 cm³/mol. The highest BCUT2D eigenvalue weighted by Gasteiger charge is 2.24. The van der Waals surface area contributed by atoms with Gasteiger partial charge in [0, 0.05) is 31.8 Å². The summed E-state index contributed by atoms with van der Waals surface area (Å²) in [5, 5.41) is 15.6. The number of benzene rings is 2. The Morgan fingerprint density at radius 2 is 1.61 bits per heavy atom. The summed E-state index contributed by atoms with van der Waals surface area (Å²) in [4.78, 5) is 21.5. The first-order chi connectivity index (χ1) is 15.0. The summed E-state index contributed by atoms with van der Waals surface area (Å²) in [6, 6.07) is 17.7. The highest BCUT2D eigenvalue weighted by atomic mass is 16.5. The van der Waals surface area contributed by atoms with Gasteiger partial charge in [0.15, 0.2) is 11.5 Å². The molecule has 8 heteroatoms. The number of carbonyl (C=O) groups is 2. The van der Waals surface area contributed by atoms with Crippen molar-refractivity contribution in [3.8, 4) is 17.2 Å². The summed E-state index contributed by atoms with van der Waals surface area (Å²) < 4.78 is 17.2. The minimum Gasteiger partial charge on any atom is -0.493 e. The summed E-state index contributed by atoms with van der Waals surface area (Å²) >= 11 is 0. The standard InChI is InChI=1S/C19H23NO3.C4H4O4/c1-21-18-9-5-6-10-19(18)23-17-11-12-20(15-17)13-14-22-16-7-3-2-4-8-16;5-3(6)1-2-4(7)8/h2-10,17H,11-15H2,1H3;1-2H,(H,5,6)(H,7,8). The molecule has 0 aliphatic carbocycles. The number of ether oxygens (including phenoxy) is 3. The van der Waals surface area contributed by atoms with Crippen LogP contribution in [0.15, 0.2) is 66.7 Å². The highest BCUT2D eigenvalue weighted by Crippen LogP contribution is 2.28. The maximum absolute atomic E-state index is 9.55. The minimum absolute atomic E-state index is 0.211. The third kappa shape index (κ3) is 9.22. The van der Waals surface area contributed by atoms with Gasteiger partial charge in [-0.25, -0.2) is 9.59 Å². The van der Waals surface area contributed by atoms with Crippen LogP contribution in [0.3, 0.4) is 0 Å². The molecule has 1 unspecified atom stereocenters. The van der Waals surface area contributed by atoms with Gasteiger partial charge < -0.3 is 24.4 Å². The molecule has 2 N–H and O–H groups in total. The molecule has 0 amide bonds. The zero-order chi connectivity index (χ0) is 22.5. The Hall–Kier alpha value is -3.52. The van der Waals surface area contributed by atoms with Crippen LogP contribution in [0.1, 0.15) is 6.42 Å². The summed E-state index contributed by atoms with van der Waals surface area (Å²) in [5.41, 5.74) is 0. The summed E-state index contributed by atoms with van der Waals surface area (Å²) in [5.74, 6) is 0.0223. The summed E-state index contributed by atoms with van der Waals surface area (Å²) in [6.07, 6.45) is 2.36. The van der Waals surface area contributed by atoms with Crippen molar-refractivity contribution in [3.63, 3.8) is 0 Å². The Bertz CT molecular complexity index is 838. The topological polar surface area (TPSA) is 106 Å². The van der Waals surface area contributed by atoms with Crippen molar-refractivity contribution in [1.82, 2.24) is 4.90 Å². The quantitative estimate of drug-likeness (QED) is 0.586. The molecule has 1 fully saturated rings. The second-order valence-corrected chi connectivity index (χ2v) is 6.65. The first-order valence-corrected chi connectivity index (χ1v) is 9.81. The van der Waals surface area contributed by atoms with Gasteiger partial charge in [-0.05, 0) is 30.7 Å². The maximum atomic E-state index is 9.55. The van der Waals surface area contributed by atoms with E-state index in [0.29, 0.717) is 18.8 Å². The fraction of sp³-hybridized carbons (Fsp3) is 0.304. The molecule has 1 atom stereocenters. The Morgan fingerprint density at radius 1 is 1.00 bits per heavy atom. The van der Waals surface area contributed by atoms with E-state index in [1.165, 1.54) is 0 Å². The third-order valence-corrected chi connectivity index (χ3v) is 4.38. The molecule has 3 rings (SSSR count). The lowest BCUT2D eigenvalue weighted by molar-refractivity contribution is -0.134. The molecule has 0 aromatic heterocycles. The van der Waals surface area contributed by atoms with E-state index in [9.17, 15) is 9.59 Å². The first-order valence-electron chi connectivity index (χ1n) is 9.81. The molecular weight excluding hydrogens is 402 g/mol. The lowest BCUT2D eigenvalue weighted by Gasteiger charge is -2.18. The van der Waals surface area contributed by atoms with Crippen LogP contribution >= 0.6 is 0 Å². The number of carboxylic acids is 2. The van der Waals surface area contributed by atoms with Crippen molar-refractivity contribution in [2.75, 3.05) is 33.4 Å². The second kappa shape index (κ2) is 12.9. The van der Waals surface area contributed by atoms with Crippen LogP contribution in [0, 0.1) is 0 Å². The number of aliphatic carboxylic acids is 2. The van der Waals surface area contributed by atoms with Gasteiger partial charge in [0.2, 0.25) is 0 Å². The fourth-order valence-electron chi connectivity index (χ4n) is 2.94. The Balaban J connectivity index is 0.000000366. The van der Waals surface area contributed by atoms with E-state index in [2.05, 4.69) is 4.90 Å². The van der Waals surface area contributed by atoms with Crippen LogP contribution in [0.4, 0.5) is 0 Å². The molecule has 0 spiro atoms. The first kappa shape index (κ1) is 23.8. The van der Waals surface area contributed by atoms with Crippen molar-refractivity contribution in [3.05, 3.63) is 66.7 Å². The summed E-state index contributed by atoms with van der Waals surface area (Å²) in [6.45, 7) is 3.58. The molecule has 166 valence electrons. The monoisotopic (exact) mass is 429 g/mol. The van der Waals surface area contributed by atoms with Gasteiger partial charge in [0.05, 0.1) is 7.11 Å². The molecule has 0 radical (unpaired) electrons. The molecular formula is C23H27NO7. The Morgan fingerprint density at radius 3 is 2.23 bits per heavy atom. The Labute approximate surface area is 181 Å². The van der Waals surface area contributed by atoms with Gasteiger partial charge in [0.25, 0.3) is 0 Å². The van der Waals surface area contributed by atoms with E-state index in [4.69, 9.17) is 24.4 Å². The van der Waals surface area contributed by atoms with E-state index in [-0.39, 0.29) is 6.10 Å². The smallest absolute Gasteiger partial charge is 0.328 e. The zero-order valence-electron chi connectivity index (χ0n) is 17.3. The number of methoxy groups -OCH3 is 1. The van der Waals surface area contributed by atoms with E-state index in [1.54, 1.807) is 7.11 Å². The van der Waals surface area contributed by atoms with E-state index < -0.39 is 11.9 Å². The van der Waals surface area contributed by atoms with Crippen LogP contribution in [0.2, 0.25) is 0 Å². The second-order valence-electron chi connectivity index (χ2n) is 6.65. The molecule has 2 aromatic carbocycles. The number of hydrogen-bond donors (Lipinski definition) is 2. The Kier molecular flexibility index (Phi) is 9.90. The molecule has 0 bridgehead atoms. The van der Waals surface area contributed by atoms with Crippen LogP contribution in [-0.2, 0) is 9.59 Å². The fourth-order valence-corrected chi connectivity index (χ4v) is 2.94. The number of rotatable bonds is 9. The van der Waals surface area contributed by atoms with Gasteiger partial charge >= 0.3 is 11.9 Å². The van der Waals surface area contributed by atoms with Crippen molar-refractivity contribution >= 4 is 11.9 Å². The van der Waals surface area contributed by atoms with Crippen LogP contribution in [0.25, 0.3) is 0 Å². The minimum atomic E-state index is -1.26. The van der Waals surface area contributed by atoms with E-state index in [1.807, 2.05) is 54.6 Å². The average Bonchev–Trinajstić information content (AvgIpc) is 3.21. The predicted octanol–water partition coefficient (Wildman–Crippen LogP) is 2.94. The van der Waals surface area contributed by atoms with Gasteiger partial charge in [0.1, 0.15) is 18.5 Å². The average molecular weight is 429 g/mol. The van der Waals surface area contributed by atoms with E-state index in [0.717, 1.165) is 43.3 Å².